The molecule has 1 aliphatic heterocycles. The van der Waals surface area contributed by atoms with Crippen molar-refractivity contribution >= 4 is 23.5 Å². The number of rotatable bonds is 7. The molecule has 0 bridgehead atoms. The number of carbonyl (C=O) groups is 3. The van der Waals surface area contributed by atoms with Crippen LogP contribution >= 0.6 is 0 Å². The summed E-state index contributed by atoms with van der Waals surface area (Å²) in [5.41, 5.74) is 2.81. The lowest BCUT2D eigenvalue weighted by Crippen LogP contribution is -2.51. The number of anilines is 1. The van der Waals surface area contributed by atoms with Crippen molar-refractivity contribution in [2.75, 3.05) is 38.6 Å². The van der Waals surface area contributed by atoms with Crippen LogP contribution in [-0.2, 0) is 19.1 Å². The molecular formula is C21H31N3O4. The SMILES string of the molecule is CCOC(=O)[C@@H]1CCCCN1C(=O)CN(C)CC(=O)Nc1c(C)cccc1C. The number of hydrogen-bond acceptors (Lipinski definition) is 5. The van der Waals surface area contributed by atoms with Gasteiger partial charge in [-0.3, -0.25) is 14.5 Å². The van der Waals surface area contributed by atoms with Gasteiger partial charge in [-0.1, -0.05) is 18.2 Å². The third kappa shape index (κ3) is 5.79. The molecule has 0 unspecified atom stereocenters. The Bertz CT molecular complexity index is 699. The first-order valence-electron chi connectivity index (χ1n) is 9.84. The average molecular weight is 389 g/mol. The lowest BCUT2D eigenvalue weighted by atomic mass is 10.0. The van der Waals surface area contributed by atoms with Crippen molar-refractivity contribution < 1.29 is 19.1 Å². The molecule has 0 aliphatic carbocycles. The standard InChI is InChI=1S/C21H31N3O4/c1-5-28-21(27)17-11-6-7-12-24(17)19(26)14-23(4)13-18(25)22-20-15(2)9-8-10-16(20)3/h8-10,17H,5-7,11-14H2,1-4H3,(H,22,25)/t17-/m0/s1. The number of hydrogen-bond donors (Lipinski definition) is 1. The Balaban J connectivity index is 1.92. The first kappa shape index (κ1) is 21.9. The minimum Gasteiger partial charge on any atom is -0.464 e. The highest BCUT2D eigenvalue weighted by Crippen LogP contribution is 2.20. The second kappa shape index (κ2) is 10.2. The first-order valence-corrected chi connectivity index (χ1v) is 9.84. The van der Waals surface area contributed by atoms with Crippen molar-refractivity contribution in [2.24, 2.45) is 0 Å². The highest BCUT2D eigenvalue weighted by molar-refractivity contribution is 5.94. The quantitative estimate of drug-likeness (QED) is 0.723. The monoisotopic (exact) mass is 389 g/mol. The molecular weight excluding hydrogens is 358 g/mol. The van der Waals surface area contributed by atoms with E-state index in [9.17, 15) is 14.4 Å². The van der Waals surface area contributed by atoms with Crippen LogP contribution in [0, 0.1) is 13.8 Å². The summed E-state index contributed by atoms with van der Waals surface area (Å²) in [7, 11) is 1.73. The number of ether oxygens (including phenoxy) is 1. The van der Waals surface area contributed by atoms with Gasteiger partial charge in [0, 0.05) is 12.2 Å². The van der Waals surface area contributed by atoms with Gasteiger partial charge in [0.25, 0.3) is 0 Å². The Morgan fingerprint density at radius 3 is 2.50 bits per heavy atom. The molecule has 2 rings (SSSR count). The topological polar surface area (TPSA) is 79.0 Å². The first-order chi connectivity index (χ1) is 13.3. The van der Waals surface area contributed by atoms with Gasteiger partial charge < -0.3 is 15.0 Å². The van der Waals surface area contributed by atoms with E-state index in [0.29, 0.717) is 19.6 Å². The third-order valence-corrected chi connectivity index (χ3v) is 4.95. The number of aryl methyl sites for hydroxylation is 2. The minimum absolute atomic E-state index is 0.0794. The molecule has 1 atom stereocenters. The van der Waals surface area contributed by atoms with E-state index in [-0.39, 0.29) is 30.9 Å². The highest BCUT2D eigenvalue weighted by Gasteiger charge is 2.33. The van der Waals surface area contributed by atoms with Gasteiger partial charge in [0.05, 0.1) is 19.7 Å². The fraction of sp³-hybridized carbons (Fsp3) is 0.571. The van der Waals surface area contributed by atoms with E-state index in [1.165, 1.54) is 0 Å². The largest absolute Gasteiger partial charge is 0.464 e. The molecule has 0 radical (unpaired) electrons. The molecule has 1 N–H and O–H groups in total. The Kier molecular flexibility index (Phi) is 7.99. The van der Waals surface area contributed by atoms with Crippen LogP contribution < -0.4 is 5.32 Å². The summed E-state index contributed by atoms with van der Waals surface area (Å²) in [4.78, 5) is 40.5. The number of esters is 1. The van der Waals surface area contributed by atoms with E-state index in [1.807, 2.05) is 32.0 Å². The second-order valence-corrected chi connectivity index (χ2v) is 7.34. The van der Waals surface area contributed by atoms with E-state index in [2.05, 4.69) is 5.32 Å². The lowest BCUT2D eigenvalue weighted by molar-refractivity contribution is -0.157. The van der Waals surface area contributed by atoms with E-state index in [1.54, 1.807) is 23.8 Å². The lowest BCUT2D eigenvalue weighted by Gasteiger charge is -2.35. The molecule has 7 heteroatoms. The summed E-state index contributed by atoms with van der Waals surface area (Å²) >= 11 is 0. The summed E-state index contributed by atoms with van der Waals surface area (Å²) in [5.74, 6) is -0.667. The zero-order chi connectivity index (χ0) is 20.7. The molecule has 1 heterocycles. The van der Waals surface area contributed by atoms with Crippen LogP contribution in [0.1, 0.15) is 37.3 Å². The maximum absolute atomic E-state index is 12.7. The van der Waals surface area contributed by atoms with E-state index < -0.39 is 6.04 Å². The molecule has 0 aromatic heterocycles. The molecule has 154 valence electrons. The molecule has 28 heavy (non-hydrogen) atoms. The van der Waals surface area contributed by atoms with Crippen LogP contribution in [0.3, 0.4) is 0 Å². The number of carbonyl (C=O) groups excluding carboxylic acids is 3. The summed E-state index contributed by atoms with van der Waals surface area (Å²) in [6.07, 6.45) is 2.40. The van der Waals surface area contributed by atoms with Crippen LogP contribution in [0.4, 0.5) is 5.69 Å². The predicted octanol–water partition coefficient (Wildman–Crippen LogP) is 2.12. The van der Waals surface area contributed by atoms with Gasteiger partial charge in [-0.05, 0) is 58.2 Å². The third-order valence-electron chi connectivity index (χ3n) is 4.95. The Hall–Kier alpha value is -2.41. The average Bonchev–Trinajstić information content (AvgIpc) is 2.65. The molecule has 1 aromatic carbocycles. The van der Waals surface area contributed by atoms with E-state index in [4.69, 9.17) is 4.74 Å². The van der Waals surface area contributed by atoms with Crippen molar-refractivity contribution in [1.82, 2.24) is 9.80 Å². The molecule has 7 nitrogen and oxygen atoms in total. The fourth-order valence-electron chi connectivity index (χ4n) is 3.53. The zero-order valence-corrected chi connectivity index (χ0v) is 17.3. The molecule has 1 aromatic rings. The molecule has 0 spiro atoms. The smallest absolute Gasteiger partial charge is 0.328 e. The maximum Gasteiger partial charge on any atom is 0.328 e. The van der Waals surface area contributed by atoms with E-state index in [0.717, 1.165) is 29.7 Å². The summed E-state index contributed by atoms with van der Waals surface area (Å²) in [5, 5.41) is 2.93. The van der Waals surface area contributed by atoms with Crippen molar-refractivity contribution in [3.05, 3.63) is 29.3 Å². The zero-order valence-electron chi connectivity index (χ0n) is 17.3. The van der Waals surface area contributed by atoms with Crippen LogP contribution in [0.2, 0.25) is 0 Å². The van der Waals surface area contributed by atoms with Gasteiger partial charge in [-0.2, -0.15) is 0 Å². The maximum atomic E-state index is 12.7. The Morgan fingerprint density at radius 1 is 1.18 bits per heavy atom. The number of nitrogens with one attached hydrogen (secondary N) is 1. The summed E-state index contributed by atoms with van der Waals surface area (Å²) in [6.45, 7) is 6.67. The van der Waals surface area contributed by atoms with Crippen LogP contribution in [0.5, 0.6) is 0 Å². The normalized spacial score (nSPS) is 16.8. The number of piperidine rings is 1. The van der Waals surface area contributed by atoms with Crippen molar-refractivity contribution in [2.45, 2.75) is 46.1 Å². The second-order valence-electron chi connectivity index (χ2n) is 7.34. The number of benzene rings is 1. The van der Waals surface area contributed by atoms with Crippen LogP contribution in [-0.4, -0.2) is 66.9 Å². The number of amides is 2. The van der Waals surface area contributed by atoms with Crippen molar-refractivity contribution in [3.8, 4) is 0 Å². The molecule has 0 saturated carbocycles. The number of likely N-dealkylation sites (N-methyl/N-ethyl adjacent to an activating group) is 1. The van der Waals surface area contributed by atoms with Gasteiger partial charge in [0.15, 0.2) is 0 Å². The Morgan fingerprint density at radius 2 is 1.86 bits per heavy atom. The van der Waals surface area contributed by atoms with Gasteiger partial charge >= 0.3 is 5.97 Å². The summed E-state index contributed by atoms with van der Waals surface area (Å²) < 4.78 is 5.11. The number of nitrogens with zero attached hydrogens (tertiary/aromatic N) is 2. The van der Waals surface area contributed by atoms with Crippen molar-refractivity contribution in [1.29, 1.82) is 0 Å². The minimum atomic E-state index is -0.516. The van der Waals surface area contributed by atoms with Crippen LogP contribution in [0.15, 0.2) is 18.2 Å². The molecule has 1 fully saturated rings. The number of likely N-dealkylation sites (tertiary alicyclic amines) is 1. The van der Waals surface area contributed by atoms with E-state index >= 15 is 0 Å². The Labute approximate surface area is 167 Å². The van der Waals surface area contributed by atoms with Gasteiger partial charge in [0.2, 0.25) is 11.8 Å². The van der Waals surface area contributed by atoms with Gasteiger partial charge in [0.1, 0.15) is 6.04 Å². The highest BCUT2D eigenvalue weighted by atomic mass is 16.5. The van der Waals surface area contributed by atoms with Gasteiger partial charge in [-0.15, -0.1) is 0 Å². The van der Waals surface area contributed by atoms with Crippen LogP contribution in [0.25, 0.3) is 0 Å². The summed E-state index contributed by atoms with van der Waals surface area (Å²) in [6, 6.07) is 5.32. The molecule has 1 saturated heterocycles. The molecule has 1 aliphatic rings. The number of para-hydroxylation sites is 1. The van der Waals surface area contributed by atoms with Crippen molar-refractivity contribution in [3.63, 3.8) is 0 Å². The predicted molar refractivity (Wildman–Crippen MR) is 108 cm³/mol. The van der Waals surface area contributed by atoms with Gasteiger partial charge in [-0.25, -0.2) is 4.79 Å². The molecule has 2 amide bonds. The fourth-order valence-corrected chi connectivity index (χ4v) is 3.53.